The van der Waals surface area contributed by atoms with Gasteiger partial charge in [-0.3, -0.25) is 14.7 Å². The Morgan fingerprint density at radius 1 is 1.16 bits per heavy atom. The van der Waals surface area contributed by atoms with Crippen molar-refractivity contribution in [2.45, 2.75) is 24.6 Å². The molecular weight excluding hydrogens is 406 g/mol. The number of amides is 1. The summed E-state index contributed by atoms with van der Waals surface area (Å²) >= 11 is 0. The summed E-state index contributed by atoms with van der Waals surface area (Å²) in [6.45, 7) is 3.49. The molecule has 2 saturated heterocycles. The molecule has 1 amide bonds. The maximum Gasteiger partial charge on any atom is 0.257 e. The monoisotopic (exact) mass is 433 g/mol. The van der Waals surface area contributed by atoms with Crippen LogP contribution >= 0.6 is 0 Å². The first-order valence-corrected chi connectivity index (χ1v) is 10.9. The Kier molecular flexibility index (Phi) is 5.68. The molecule has 166 valence electrons. The number of carbonyl (C=O) groups is 1. The number of likely N-dealkylation sites (tertiary alicyclic amines) is 1. The summed E-state index contributed by atoms with van der Waals surface area (Å²) in [7, 11) is 1.65. The molecule has 0 aliphatic carbocycles. The van der Waals surface area contributed by atoms with Crippen LogP contribution in [0.4, 0.5) is 0 Å². The fraction of sp³-hybridized carbons (Fsp3) is 0.360. The van der Waals surface area contributed by atoms with Gasteiger partial charge in [0.25, 0.3) is 5.91 Å². The first-order valence-electron chi connectivity index (χ1n) is 10.9. The lowest BCUT2D eigenvalue weighted by Gasteiger charge is -2.42. The average molecular weight is 434 g/mol. The van der Waals surface area contributed by atoms with Crippen molar-refractivity contribution in [1.82, 2.24) is 14.8 Å². The van der Waals surface area contributed by atoms with E-state index in [4.69, 9.17) is 13.9 Å². The van der Waals surface area contributed by atoms with Gasteiger partial charge in [0, 0.05) is 44.5 Å². The fourth-order valence-electron chi connectivity index (χ4n) is 4.85. The highest BCUT2D eigenvalue weighted by Crippen LogP contribution is 2.42. The normalized spacial score (nSPS) is 23.7. The van der Waals surface area contributed by atoms with Crippen LogP contribution in [0.2, 0.25) is 0 Å². The van der Waals surface area contributed by atoms with Crippen LogP contribution in [-0.2, 0) is 22.6 Å². The molecule has 2 atom stereocenters. The van der Waals surface area contributed by atoms with E-state index in [-0.39, 0.29) is 11.8 Å². The molecule has 7 nitrogen and oxygen atoms in total. The molecule has 0 radical (unpaired) electrons. The van der Waals surface area contributed by atoms with Crippen molar-refractivity contribution in [3.05, 3.63) is 84.1 Å². The number of hydrogen-bond acceptors (Lipinski definition) is 6. The highest BCUT2D eigenvalue weighted by atomic mass is 16.5. The predicted molar refractivity (Wildman–Crippen MR) is 118 cm³/mol. The molecule has 0 unspecified atom stereocenters. The zero-order valence-electron chi connectivity index (χ0n) is 18.1. The van der Waals surface area contributed by atoms with E-state index in [1.54, 1.807) is 19.6 Å². The molecule has 3 aromatic rings. The van der Waals surface area contributed by atoms with Crippen molar-refractivity contribution >= 4 is 5.91 Å². The van der Waals surface area contributed by atoms with Gasteiger partial charge >= 0.3 is 0 Å². The van der Waals surface area contributed by atoms with E-state index in [0.29, 0.717) is 39.3 Å². The van der Waals surface area contributed by atoms with Gasteiger partial charge in [0.1, 0.15) is 11.5 Å². The predicted octanol–water partition coefficient (Wildman–Crippen LogP) is 3.08. The van der Waals surface area contributed by atoms with E-state index in [1.165, 1.54) is 0 Å². The molecule has 2 aromatic heterocycles. The molecule has 0 N–H and O–H groups in total. The van der Waals surface area contributed by atoms with Crippen molar-refractivity contribution in [3.63, 3.8) is 0 Å². The second-order valence-electron chi connectivity index (χ2n) is 8.40. The minimum Gasteiger partial charge on any atom is -0.497 e. The summed E-state index contributed by atoms with van der Waals surface area (Å²) in [6, 6.07) is 15.7. The lowest BCUT2D eigenvalue weighted by Crippen LogP contribution is -2.59. The van der Waals surface area contributed by atoms with Gasteiger partial charge in [0.15, 0.2) is 5.60 Å². The summed E-state index contributed by atoms with van der Waals surface area (Å²) in [5.41, 5.74) is 1.16. The van der Waals surface area contributed by atoms with E-state index >= 15 is 0 Å². The second kappa shape index (κ2) is 8.76. The fourth-order valence-corrected chi connectivity index (χ4v) is 4.85. The van der Waals surface area contributed by atoms with Crippen molar-refractivity contribution in [1.29, 1.82) is 0 Å². The van der Waals surface area contributed by atoms with Crippen LogP contribution in [0.1, 0.15) is 22.8 Å². The van der Waals surface area contributed by atoms with Gasteiger partial charge in [-0.25, -0.2) is 0 Å². The number of aromatic nitrogens is 1. The summed E-state index contributed by atoms with van der Waals surface area (Å²) in [5, 5.41) is 0. The highest BCUT2D eigenvalue weighted by Gasteiger charge is 2.57. The molecule has 0 bridgehead atoms. The number of ether oxygens (including phenoxy) is 2. The molecule has 2 fully saturated rings. The molecule has 0 saturated carbocycles. The SMILES string of the molecule is COc1ccc(CN2CCO[C@@]3(CN(Cc4ccco4)C[C@H]3c3cccnc3)C2=O)cc1. The first-order chi connectivity index (χ1) is 15.7. The summed E-state index contributed by atoms with van der Waals surface area (Å²) in [4.78, 5) is 22.4. The van der Waals surface area contributed by atoms with E-state index in [1.807, 2.05) is 59.6 Å². The number of hydrogen-bond donors (Lipinski definition) is 0. The Balaban J connectivity index is 1.42. The highest BCUT2D eigenvalue weighted by molar-refractivity contribution is 5.88. The van der Waals surface area contributed by atoms with E-state index < -0.39 is 5.60 Å². The largest absolute Gasteiger partial charge is 0.497 e. The maximum atomic E-state index is 13.9. The Morgan fingerprint density at radius 3 is 2.75 bits per heavy atom. The van der Waals surface area contributed by atoms with Crippen LogP contribution < -0.4 is 4.74 Å². The number of carbonyl (C=O) groups excluding carboxylic acids is 1. The van der Waals surface area contributed by atoms with Gasteiger partial charge in [-0.05, 0) is 41.5 Å². The third kappa shape index (κ3) is 3.89. The molecule has 4 heterocycles. The van der Waals surface area contributed by atoms with Crippen molar-refractivity contribution in [2.75, 3.05) is 33.4 Å². The molecular formula is C25H27N3O4. The Morgan fingerprint density at radius 2 is 2.03 bits per heavy atom. The summed E-state index contributed by atoms with van der Waals surface area (Å²) in [6.07, 6.45) is 5.28. The first kappa shape index (κ1) is 20.7. The third-order valence-electron chi connectivity index (χ3n) is 6.41. The molecule has 7 heteroatoms. The smallest absolute Gasteiger partial charge is 0.257 e. The molecule has 2 aliphatic heterocycles. The number of benzene rings is 1. The van der Waals surface area contributed by atoms with Crippen LogP contribution in [0.15, 0.2) is 71.6 Å². The van der Waals surface area contributed by atoms with Crippen molar-refractivity contribution in [2.24, 2.45) is 0 Å². The maximum absolute atomic E-state index is 13.9. The summed E-state index contributed by atoms with van der Waals surface area (Å²) < 4.78 is 17.2. The van der Waals surface area contributed by atoms with Crippen LogP contribution in [0.3, 0.4) is 0 Å². The Hall–Kier alpha value is -3.16. The van der Waals surface area contributed by atoms with Crippen molar-refractivity contribution in [3.8, 4) is 5.75 Å². The molecule has 1 spiro atoms. The van der Waals surface area contributed by atoms with E-state index in [9.17, 15) is 4.79 Å². The van der Waals surface area contributed by atoms with E-state index in [2.05, 4.69) is 9.88 Å². The third-order valence-corrected chi connectivity index (χ3v) is 6.41. The zero-order valence-corrected chi connectivity index (χ0v) is 18.1. The Bertz CT molecular complexity index is 1040. The van der Waals surface area contributed by atoms with Crippen LogP contribution in [0.5, 0.6) is 5.75 Å². The average Bonchev–Trinajstić information content (AvgIpc) is 3.47. The van der Waals surface area contributed by atoms with Gasteiger partial charge in [0.05, 0.1) is 26.5 Å². The van der Waals surface area contributed by atoms with Gasteiger partial charge in [-0.15, -0.1) is 0 Å². The molecule has 5 rings (SSSR count). The number of methoxy groups -OCH3 is 1. The number of morpholine rings is 1. The van der Waals surface area contributed by atoms with Crippen LogP contribution in [0.25, 0.3) is 0 Å². The van der Waals surface area contributed by atoms with E-state index in [0.717, 1.165) is 22.6 Å². The van der Waals surface area contributed by atoms with Crippen LogP contribution in [-0.4, -0.2) is 59.6 Å². The van der Waals surface area contributed by atoms with Crippen molar-refractivity contribution < 1.29 is 18.7 Å². The molecule has 1 aromatic carbocycles. The summed E-state index contributed by atoms with van der Waals surface area (Å²) in [5.74, 6) is 1.62. The number of nitrogens with zero attached hydrogens (tertiary/aromatic N) is 3. The standard InChI is InChI=1S/C25H27N3O4/c1-30-21-8-6-19(7-9-21)15-28-11-13-32-25(24(28)29)18-27(16-22-5-3-12-31-22)17-23(25)20-4-2-10-26-14-20/h2-10,12,14,23H,11,13,15-18H2,1H3/t23-,25+/m0/s1. The van der Waals surface area contributed by atoms with Gasteiger partial charge in [-0.2, -0.15) is 0 Å². The molecule has 2 aliphatic rings. The molecule has 32 heavy (non-hydrogen) atoms. The zero-order chi connectivity index (χ0) is 22.0. The number of furan rings is 1. The number of pyridine rings is 1. The lowest BCUT2D eigenvalue weighted by molar-refractivity contribution is -0.173. The lowest BCUT2D eigenvalue weighted by atomic mass is 9.83. The van der Waals surface area contributed by atoms with Gasteiger partial charge < -0.3 is 18.8 Å². The van der Waals surface area contributed by atoms with Gasteiger partial charge in [0.2, 0.25) is 0 Å². The second-order valence-corrected chi connectivity index (χ2v) is 8.40. The topological polar surface area (TPSA) is 68.0 Å². The number of rotatable bonds is 6. The van der Waals surface area contributed by atoms with Gasteiger partial charge in [-0.1, -0.05) is 18.2 Å². The minimum absolute atomic E-state index is 0.0374. The quantitative estimate of drug-likeness (QED) is 0.595. The van der Waals surface area contributed by atoms with Crippen LogP contribution in [0, 0.1) is 0 Å². The minimum atomic E-state index is -0.930. The Labute approximate surface area is 187 Å².